The maximum Gasteiger partial charge on any atom is 0.0206 e. The molecule has 0 saturated carbocycles. The van der Waals surface area contributed by atoms with E-state index < -0.39 is 0 Å². The molecule has 14 heavy (non-hydrogen) atoms. The Balaban J connectivity index is 2.32. The molecule has 1 aromatic carbocycles. The Bertz CT molecular complexity index is 264. The molecular formula is C12H18N2. The molecule has 0 unspecified atom stereocenters. The second-order valence-corrected chi connectivity index (χ2v) is 3.23. The Morgan fingerprint density at radius 1 is 1.21 bits per heavy atom. The van der Waals surface area contributed by atoms with Gasteiger partial charge >= 0.3 is 0 Å². The highest BCUT2D eigenvalue weighted by Crippen LogP contribution is 2.04. The average Bonchev–Trinajstić information content (AvgIpc) is 2.25. The molecule has 0 saturated heterocycles. The molecule has 0 aliphatic rings. The summed E-state index contributed by atoms with van der Waals surface area (Å²) in [5.74, 6) is 0. The van der Waals surface area contributed by atoms with Crippen LogP contribution in [0.15, 0.2) is 30.8 Å². The predicted molar refractivity (Wildman–Crippen MR) is 62.2 cm³/mol. The van der Waals surface area contributed by atoms with Crippen LogP contribution in [0.3, 0.4) is 0 Å². The van der Waals surface area contributed by atoms with Crippen molar-refractivity contribution < 1.29 is 0 Å². The highest BCUT2D eigenvalue weighted by molar-refractivity contribution is 5.47. The van der Waals surface area contributed by atoms with E-state index in [0.29, 0.717) is 0 Å². The van der Waals surface area contributed by atoms with Crippen LogP contribution >= 0.6 is 0 Å². The largest absolute Gasteiger partial charge is 0.318 e. The van der Waals surface area contributed by atoms with Gasteiger partial charge in [0.1, 0.15) is 0 Å². The summed E-state index contributed by atoms with van der Waals surface area (Å²) in [7, 11) is 1.96. The van der Waals surface area contributed by atoms with E-state index in [9.17, 15) is 0 Å². The quantitative estimate of drug-likeness (QED) is 0.666. The fourth-order valence-corrected chi connectivity index (χ4v) is 1.22. The van der Waals surface area contributed by atoms with Crippen LogP contribution in [-0.2, 0) is 6.54 Å². The van der Waals surface area contributed by atoms with E-state index in [2.05, 4.69) is 41.5 Å². The van der Waals surface area contributed by atoms with Crippen LogP contribution in [0.1, 0.15) is 11.1 Å². The summed E-state index contributed by atoms with van der Waals surface area (Å²) in [6.07, 6.45) is 1.86. The number of rotatable bonds is 6. The van der Waals surface area contributed by atoms with E-state index in [1.165, 1.54) is 11.1 Å². The average molecular weight is 190 g/mol. The van der Waals surface area contributed by atoms with Crippen LogP contribution in [0.5, 0.6) is 0 Å². The maximum absolute atomic E-state index is 3.72. The van der Waals surface area contributed by atoms with Gasteiger partial charge in [0.05, 0.1) is 0 Å². The zero-order valence-electron chi connectivity index (χ0n) is 8.72. The number of benzene rings is 1. The van der Waals surface area contributed by atoms with Gasteiger partial charge in [-0.3, -0.25) is 0 Å². The van der Waals surface area contributed by atoms with Crippen molar-refractivity contribution in [3.05, 3.63) is 42.0 Å². The fourth-order valence-electron chi connectivity index (χ4n) is 1.22. The molecule has 0 amide bonds. The first-order valence-electron chi connectivity index (χ1n) is 4.93. The number of hydrogen-bond donors (Lipinski definition) is 2. The van der Waals surface area contributed by atoms with Gasteiger partial charge in [-0.2, -0.15) is 0 Å². The Morgan fingerprint density at radius 3 is 2.50 bits per heavy atom. The molecule has 1 aromatic rings. The summed E-state index contributed by atoms with van der Waals surface area (Å²) in [5, 5.41) is 6.45. The normalized spacial score (nSPS) is 10.1. The standard InChI is InChI=1S/C12H18N2/c1-3-11-4-6-12(7-5-11)10-14-9-8-13-2/h3-7,13-14H,1,8-10H2,2H3. The van der Waals surface area contributed by atoms with Gasteiger partial charge in [0.2, 0.25) is 0 Å². The van der Waals surface area contributed by atoms with Crippen molar-refractivity contribution in [3.63, 3.8) is 0 Å². The molecule has 0 spiro atoms. The van der Waals surface area contributed by atoms with E-state index >= 15 is 0 Å². The lowest BCUT2D eigenvalue weighted by Gasteiger charge is -2.04. The van der Waals surface area contributed by atoms with E-state index in [0.717, 1.165) is 19.6 Å². The Kier molecular flexibility index (Phi) is 4.97. The molecule has 76 valence electrons. The molecular weight excluding hydrogens is 172 g/mol. The summed E-state index contributed by atoms with van der Waals surface area (Å²) in [4.78, 5) is 0. The molecule has 0 aromatic heterocycles. The molecule has 0 aliphatic carbocycles. The van der Waals surface area contributed by atoms with Gasteiger partial charge in [0.15, 0.2) is 0 Å². The monoisotopic (exact) mass is 190 g/mol. The summed E-state index contributed by atoms with van der Waals surface area (Å²) >= 11 is 0. The predicted octanol–water partition coefficient (Wildman–Crippen LogP) is 1.64. The van der Waals surface area contributed by atoms with Gasteiger partial charge in [-0.25, -0.2) is 0 Å². The number of hydrogen-bond acceptors (Lipinski definition) is 2. The lowest BCUT2D eigenvalue weighted by atomic mass is 10.1. The second-order valence-electron chi connectivity index (χ2n) is 3.23. The molecule has 0 fully saturated rings. The first kappa shape index (κ1) is 11.0. The van der Waals surface area contributed by atoms with E-state index in [1.54, 1.807) is 0 Å². The minimum atomic E-state index is 0.930. The molecule has 1 rings (SSSR count). The van der Waals surface area contributed by atoms with Crippen LogP contribution in [0.25, 0.3) is 6.08 Å². The van der Waals surface area contributed by atoms with E-state index in [1.807, 2.05) is 13.1 Å². The van der Waals surface area contributed by atoms with Crippen molar-refractivity contribution in [3.8, 4) is 0 Å². The molecule has 0 bridgehead atoms. The Labute approximate surface area is 86.0 Å². The van der Waals surface area contributed by atoms with Crippen molar-refractivity contribution in [1.29, 1.82) is 0 Å². The van der Waals surface area contributed by atoms with Crippen molar-refractivity contribution in [2.24, 2.45) is 0 Å². The summed E-state index contributed by atoms with van der Waals surface area (Å²) in [5.41, 5.74) is 2.48. The van der Waals surface area contributed by atoms with Crippen LogP contribution in [0.4, 0.5) is 0 Å². The van der Waals surface area contributed by atoms with Crippen LogP contribution < -0.4 is 10.6 Å². The van der Waals surface area contributed by atoms with Gasteiger partial charge in [0.25, 0.3) is 0 Å². The van der Waals surface area contributed by atoms with Gasteiger partial charge in [-0.1, -0.05) is 36.9 Å². The molecule has 2 nitrogen and oxygen atoms in total. The van der Waals surface area contributed by atoms with Gasteiger partial charge in [-0.05, 0) is 18.2 Å². The Hall–Kier alpha value is -1.12. The highest BCUT2D eigenvalue weighted by atomic mass is 14.9. The minimum absolute atomic E-state index is 0.930. The van der Waals surface area contributed by atoms with Gasteiger partial charge < -0.3 is 10.6 Å². The van der Waals surface area contributed by atoms with Gasteiger partial charge in [0, 0.05) is 19.6 Å². The number of nitrogens with one attached hydrogen (secondary N) is 2. The first-order valence-corrected chi connectivity index (χ1v) is 4.93. The van der Waals surface area contributed by atoms with Crippen molar-refractivity contribution >= 4 is 6.08 Å². The van der Waals surface area contributed by atoms with Gasteiger partial charge in [-0.15, -0.1) is 0 Å². The summed E-state index contributed by atoms with van der Waals surface area (Å²) < 4.78 is 0. The van der Waals surface area contributed by atoms with Crippen molar-refractivity contribution in [2.45, 2.75) is 6.54 Å². The molecule has 0 heterocycles. The van der Waals surface area contributed by atoms with E-state index in [4.69, 9.17) is 0 Å². The first-order chi connectivity index (χ1) is 6.86. The smallest absolute Gasteiger partial charge is 0.0206 e. The number of likely N-dealkylation sites (N-methyl/N-ethyl adjacent to an activating group) is 1. The van der Waals surface area contributed by atoms with Crippen LogP contribution in [0, 0.1) is 0 Å². The molecule has 0 aliphatic heterocycles. The zero-order chi connectivity index (χ0) is 10.2. The third kappa shape index (κ3) is 3.73. The minimum Gasteiger partial charge on any atom is -0.318 e. The topological polar surface area (TPSA) is 24.1 Å². The third-order valence-electron chi connectivity index (χ3n) is 2.10. The Morgan fingerprint density at radius 2 is 1.93 bits per heavy atom. The highest BCUT2D eigenvalue weighted by Gasteiger charge is 1.91. The van der Waals surface area contributed by atoms with Crippen molar-refractivity contribution in [2.75, 3.05) is 20.1 Å². The fraction of sp³-hybridized carbons (Fsp3) is 0.333. The lowest BCUT2D eigenvalue weighted by molar-refractivity contribution is 0.651. The van der Waals surface area contributed by atoms with Crippen LogP contribution in [-0.4, -0.2) is 20.1 Å². The summed E-state index contributed by atoms with van der Waals surface area (Å²) in [6, 6.07) is 8.43. The molecule has 2 N–H and O–H groups in total. The third-order valence-corrected chi connectivity index (χ3v) is 2.10. The maximum atomic E-state index is 3.72. The molecule has 0 atom stereocenters. The molecule has 0 radical (unpaired) electrons. The lowest BCUT2D eigenvalue weighted by Crippen LogP contribution is -2.24. The SMILES string of the molecule is C=Cc1ccc(CNCCNC)cc1. The second kappa shape index (κ2) is 6.35. The zero-order valence-corrected chi connectivity index (χ0v) is 8.72. The molecule has 2 heteroatoms. The van der Waals surface area contributed by atoms with Crippen molar-refractivity contribution in [1.82, 2.24) is 10.6 Å². The summed E-state index contributed by atoms with van der Waals surface area (Å²) in [6.45, 7) is 6.66. The van der Waals surface area contributed by atoms with E-state index in [-0.39, 0.29) is 0 Å². The van der Waals surface area contributed by atoms with Crippen LogP contribution in [0.2, 0.25) is 0 Å².